The molecule has 2 heterocycles. The minimum Gasteiger partial charge on any atom is -0.378 e. The smallest absolute Gasteiger partial charge is 0.334 e. The SMILES string of the molecule is CN(C1=CS(=O)(=O)OC2=C1CCc1nc(-c3ccccc3)ncc12)c1ccccc1. The van der Waals surface area contributed by atoms with Crippen LogP contribution in [-0.2, 0) is 20.7 Å². The standard InChI is InChI=1S/C23H19N3O3S/c1-26(17-10-6-3-7-11-17)21-15-30(27,28)29-22-18(21)12-13-20-19(22)14-24-23(25-20)16-8-4-2-5-9-16/h2-11,14-15H,12-13H2,1H3. The van der Waals surface area contributed by atoms with Crippen molar-refractivity contribution in [2.45, 2.75) is 12.8 Å². The molecule has 150 valence electrons. The summed E-state index contributed by atoms with van der Waals surface area (Å²) in [5.74, 6) is 0.949. The summed E-state index contributed by atoms with van der Waals surface area (Å²) in [7, 11) is -2.02. The van der Waals surface area contributed by atoms with Crippen molar-refractivity contribution < 1.29 is 12.6 Å². The Labute approximate surface area is 175 Å². The number of aromatic nitrogens is 2. The van der Waals surface area contributed by atoms with Crippen LogP contribution < -0.4 is 4.90 Å². The second-order valence-electron chi connectivity index (χ2n) is 7.20. The van der Waals surface area contributed by atoms with Crippen LogP contribution in [0.3, 0.4) is 0 Å². The number of fused-ring (bicyclic) bond motifs is 2. The van der Waals surface area contributed by atoms with E-state index >= 15 is 0 Å². The first-order valence-electron chi connectivity index (χ1n) is 9.62. The predicted octanol–water partition coefficient (Wildman–Crippen LogP) is 4.14. The van der Waals surface area contributed by atoms with Gasteiger partial charge in [0.15, 0.2) is 11.6 Å². The van der Waals surface area contributed by atoms with E-state index in [-0.39, 0.29) is 0 Å². The van der Waals surface area contributed by atoms with Gasteiger partial charge in [-0.25, -0.2) is 9.97 Å². The second kappa shape index (κ2) is 7.11. The molecule has 1 aromatic heterocycles. The van der Waals surface area contributed by atoms with Gasteiger partial charge in [0.25, 0.3) is 0 Å². The van der Waals surface area contributed by atoms with Crippen molar-refractivity contribution in [3.05, 3.63) is 94.8 Å². The first-order valence-corrected chi connectivity index (χ1v) is 11.1. The van der Waals surface area contributed by atoms with Crippen molar-refractivity contribution in [3.63, 3.8) is 0 Å². The summed E-state index contributed by atoms with van der Waals surface area (Å²) in [6.45, 7) is 0. The quantitative estimate of drug-likeness (QED) is 0.597. The number of benzene rings is 2. The third-order valence-electron chi connectivity index (χ3n) is 5.30. The van der Waals surface area contributed by atoms with Crippen LogP contribution in [0.1, 0.15) is 17.7 Å². The summed E-state index contributed by atoms with van der Waals surface area (Å²) < 4.78 is 30.5. The number of hydrogen-bond donors (Lipinski definition) is 0. The van der Waals surface area contributed by atoms with Crippen LogP contribution in [0.5, 0.6) is 0 Å². The van der Waals surface area contributed by atoms with Gasteiger partial charge in [0.05, 0.1) is 22.4 Å². The minimum absolute atomic E-state index is 0.330. The Morgan fingerprint density at radius 1 is 0.967 bits per heavy atom. The highest BCUT2D eigenvalue weighted by Gasteiger charge is 2.34. The Morgan fingerprint density at radius 3 is 2.40 bits per heavy atom. The van der Waals surface area contributed by atoms with Crippen molar-refractivity contribution >= 4 is 21.6 Å². The molecular weight excluding hydrogens is 398 g/mol. The lowest BCUT2D eigenvalue weighted by Crippen LogP contribution is -2.26. The van der Waals surface area contributed by atoms with Crippen molar-refractivity contribution in [2.75, 3.05) is 11.9 Å². The van der Waals surface area contributed by atoms with E-state index < -0.39 is 10.1 Å². The summed E-state index contributed by atoms with van der Waals surface area (Å²) in [6, 6.07) is 19.4. The molecule has 2 aromatic carbocycles. The van der Waals surface area contributed by atoms with Gasteiger partial charge in [-0.15, -0.1) is 0 Å². The zero-order chi connectivity index (χ0) is 20.7. The van der Waals surface area contributed by atoms with Crippen LogP contribution in [0.2, 0.25) is 0 Å². The molecule has 0 bridgehead atoms. The Morgan fingerprint density at radius 2 is 1.67 bits per heavy atom. The molecule has 1 aliphatic carbocycles. The lowest BCUT2D eigenvalue weighted by Gasteiger charge is -2.31. The largest absolute Gasteiger partial charge is 0.378 e. The molecule has 5 rings (SSSR count). The van der Waals surface area contributed by atoms with Crippen molar-refractivity contribution in [1.82, 2.24) is 9.97 Å². The van der Waals surface area contributed by atoms with E-state index in [1.165, 1.54) is 5.41 Å². The summed E-state index contributed by atoms with van der Waals surface area (Å²) >= 11 is 0. The zero-order valence-corrected chi connectivity index (χ0v) is 17.1. The Kier molecular flexibility index (Phi) is 4.40. The average Bonchev–Trinajstić information content (AvgIpc) is 2.78. The number of rotatable bonds is 3. The maximum Gasteiger partial charge on any atom is 0.334 e. The Balaban J connectivity index is 1.60. The average molecular weight is 417 g/mol. The molecule has 0 amide bonds. The summed E-state index contributed by atoms with van der Waals surface area (Å²) in [6.07, 6.45) is 2.98. The van der Waals surface area contributed by atoms with Crippen molar-refractivity contribution in [3.8, 4) is 11.4 Å². The topological polar surface area (TPSA) is 72.4 Å². The fourth-order valence-corrected chi connectivity index (χ4v) is 4.85. The molecule has 7 heteroatoms. The summed E-state index contributed by atoms with van der Waals surface area (Å²) in [4.78, 5) is 11.0. The van der Waals surface area contributed by atoms with E-state index in [1.807, 2.05) is 72.6 Å². The molecule has 0 saturated carbocycles. The fraction of sp³-hybridized carbons (Fsp3) is 0.130. The van der Waals surface area contributed by atoms with Gasteiger partial charge in [0, 0.05) is 30.1 Å². The van der Waals surface area contributed by atoms with Crippen LogP contribution in [0.25, 0.3) is 17.1 Å². The third-order valence-corrected chi connectivity index (χ3v) is 6.21. The molecule has 0 unspecified atom stereocenters. The maximum absolute atomic E-state index is 12.5. The van der Waals surface area contributed by atoms with E-state index in [1.54, 1.807) is 6.20 Å². The maximum atomic E-state index is 12.5. The first-order chi connectivity index (χ1) is 14.5. The van der Waals surface area contributed by atoms with Crippen LogP contribution in [0.4, 0.5) is 5.69 Å². The Hall–Kier alpha value is -3.45. The molecule has 3 aromatic rings. The van der Waals surface area contributed by atoms with Gasteiger partial charge in [-0.3, -0.25) is 0 Å². The van der Waals surface area contributed by atoms with Gasteiger partial charge in [-0.1, -0.05) is 48.5 Å². The second-order valence-corrected chi connectivity index (χ2v) is 8.59. The molecule has 0 atom stereocenters. The Bertz CT molecular complexity index is 1280. The van der Waals surface area contributed by atoms with E-state index in [0.717, 1.165) is 22.5 Å². The molecular formula is C23H19N3O3S. The van der Waals surface area contributed by atoms with Crippen LogP contribution in [0.15, 0.2) is 83.5 Å². The normalized spacial score (nSPS) is 16.8. The number of anilines is 1. The van der Waals surface area contributed by atoms with Crippen molar-refractivity contribution in [1.29, 1.82) is 0 Å². The fourth-order valence-electron chi connectivity index (χ4n) is 3.80. The molecule has 2 aliphatic rings. The molecule has 0 radical (unpaired) electrons. The van der Waals surface area contributed by atoms with Gasteiger partial charge < -0.3 is 9.08 Å². The molecule has 1 aliphatic heterocycles. The molecule has 30 heavy (non-hydrogen) atoms. The van der Waals surface area contributed by atoms with Gasteiger partial charge in [0.2, 0.25) is 0 Å². The van der Waals surface area contributed by atoms with Crippen LogP contribution in [-0.4, -0.2) is 25.4 Å². The van der Waals surface area contributed by atoms with Gasteiger partial charge in [-0.05, 0) is 25.0 Å². The lowest BCUT2D eigenvalue weighted by molar-refractivity contribution is 0.463. The van der Waals surface area contributed by atoms with Gasteiger partial charge in [-0.2, -0.15) is 8.42 Å². The van der Waals surface area contributed by atoms with E-state index in [9.17, 15) is 8.42 Å². The number of para-hydroxylation sites is 1. The number of likely N-dealkylation sites (N-methyl/N-ethyl adjacent to an activating group) is 1. The summed E-state index contributed by atoms with van der Waals surface area (Å²) in [5.41, 5.74) is 4.70. The lowest BCUT2D eigenvalue weighted by atomic mass is 9.92. The predicted molar refractivity (Wildman–Crippen MR) is 116 cm³/mol. The van der Waals surface area contributed by atoms with E-state index in [2.05, 4.69) is 4.98 Å². The van der Waals surface area contributed by atoms with Gasteiger partial charge in [0.1, 0.15) is 0 Å². The molecule has 0 saturated heterocycles. The number of nitrogens with zero attached hydrogens (tertiary/aromatic N) is 3. The molecule has 0 N–H and O–H groups in total. The van der Waals surface area contributed by atoms with Crippen LogP contribution in [0, 0.1) is 0 Å². The molecule has 0 spiro atoms. The minimum atomic E-state index is -3.88. The van der Waals surface area contributed by atoms with E-state index in [4.69, 9.17) is 9.17 Å². The number of hydrogen-bond acceptors (Lipinski definition) is 6. The number of allylic oxidation sites excluding steroid dienone is 1. The van der Waals surface area contributed by atoms with E-state index in [0.29, 0.717) is 35.7 Å². The molecule has 0 fully saturated rings. The highest BCUT2D eigenvalue weighted by Crippen LogP contribution is 2.41. The van der Waals surface area contributed by atoms with Gasteiger partial charge >= 0.3 is 10.1 Å². The highest BCUT2D eigenvalue weighted by molar-refractivity contribution is 7.90. The summed E-state index contributed by atoms with van der Waals surface area (Å²) in [5, 5.41) is 1.20. The van der Waals surface area contributed by atoms with Crippen molar-refractivity contribution in [2.24, 2.45) is 0 Å². The number of aryl methyl sites for hydroxylation is 1. The molecule has 6 nitrogen and oxygen atoms in total. The monoisotopic (exact) mass is 417 g/mol. The highest BCUT2D eigenvalue weighted by atomic mass is 32.2. The zero-order valence-electron chi connectivity index (χ0n) is 16.3. The third kappa shape index (κ3) is 3.27. The first kappa shape index (κ1) is 18.6. The van der Waals surface area contributed by atoms with Crippen LogP contribution >= 0.6 is 0 Å².